The topological polar surface area (TPSA) is 59.4 Å². The van der Waals surface area contributed by atoms with E-state index in [1.165, 1.54) is 11.3 Å². The molecule has 1 aliphatic carbocycles. The number of Topliss-reactive ketones (excluding diaryl/α,β-unsaturated/α-hetero) is 1. The smallest absolute Gasteiger partial charge is 0.279 e. The number of carbonyl (C=O) groups excluding carboxylic acids is 1. The Labute approximate surface area is 166 Å². The minimum absolute atomic E-state index is 0.151. The number of ether oxygens (including phenoxy) is 1. The molecule has 1 heterocycles. The number of thiazole rings is 1. The molecule has 0 bridgehead atoms. The largest absolute Gasteiger partial charge is 0.431 e. The molecule has 0 radical (unpaired) electrons. The average molecular weight is 402 g/mol. The van der Waals surface area contributed by atoms with Gasteiger partial charge in [-0.1, -0.05) is 42.0 Å². The summed E-state index contributed by atoms with van der Waals surface area (Å²) in [4.78, 5) is 16.9. The van der Waals surface area contributed by atoms with Gasteiger partial charge in [0, 0.05) is 17.4 Å². The van der Waals surface area contributed by atoms with Crippen LogP contribution in [0.4, 0.5) is 0 Å². The molecule has 1 aliphatic rings. The number of aliphatic hydroxyl groups excluding tert-OH is 1. The molecule has 2 aromatic carbocycles. The lowest BCUT2D eigenvalue weighted by Crippen LogP contribution is -2.30. The number of fused-ring (bicyclic) bond motifs is 1. The Balaban J connectivity index is 1.41. The van der Waals surface area contributed by atoms with E-state index in [1.807, 2.05) is 49.4 Å². The molecule has 1 fully saturated rings. The van der Waals surface area contributed by atoms with E-state index in [9.17, 15) is 9.90 Å². The van der Waals surface area contributed by atoms with Crippen molar-refractivity contribution in [3.63, 3.8) is 0 Å². The van der Waals surface area contributed by atoms with Crippen molar-refractivity contribution >= 4 is 38.9 Å². The van der Waals surface area contributed by atoms with Gasteiger partial charge in [0.05, 0.1) is 16.3 Å². The zero-order chi connectivity index (χ0) is 19.0. The number of halogens is 1. The number of rotatable bonds is 6. The Morgan fingerprint density at radius 3 is 2.74 bits per heavy atom. The second-order valence-corrected chi connectivity index (χ2v) is 8.58. The molecule has 6 heteroatoms. The molecule has 0 amide bonds. The minimum Gasteiger partial charge on any atom is -0.431 e. The van der Waals surface area contributed by atoms with Gasteiger partial charge in [-0.25, -0.2) is 4.98 Å². The Morgan fingerprint density at radius 1 is 1.30 bits per heavy atom. The number of aromatic nitrogens is 1. The van der Waals surface area contributed by atoms with Crippen LogP contribution < -0.4 is 4.74 Å². The first-order valence-electron chi connectivity index (χ1n) is 9.02. The number of hydrogen-bond donors (Lipinski definition) is 1. The third kappa shape index (κ3) is 4.15. The fourth-order valence-electron chi connectivity index (χ4n) is 3.36. The van der Waals surface area contributed by atoms with Gasteiger partial charge in [0.25, 0.3) is 5.19 Å². The third-order valence-electron chi connectivity index (χ3n) is 5.10. The molecule has 1 N–H and O–H groups in total. The Kier molecular flexibility index (Phi) is 5.17. The summed E-state index contributed by atoms with van der Waals surface area (Å²) >= 11 is 7.46. The Bertz CT molecular complexity index is 963. The molecule has 27 heavy (non-hydrogen) atoms. The van der Waals surface area contributed by atoms with Crippen LogP contribution in [0.1, 0.15) is 37.7 Å². The highest BCUT2D eigenvalue weighted by molar-refractivity contribution is 7.20. The molecular formula is C21H20ClNO3S. The van der Waals surface area contributed by atoms with Crippen LogP contribution in [0.15, 0.2) is 42.5 Å². The molecule has 1 unspecified atom stereocenters. The first kappa shape index (κ1) is 18.4. The van der Waals surface area contributed by atoms with Gasteiger partial charge in [-0.05, 0) is 54.7 Å². The van der Waals surface area contributed by atoms with E-state index in [-0.39, 0.29) is 17.8 Å². The summed E-state index contributed by atoms with van der Waals surface area (Å²) in [7, 11) is 0. The first-order valence-corrected chi connectivity index (χ1v) is 10.2. The lowest BCUT2D eigenvalue weighted by atomic mass is 9.77. The number of carbonyl (C=O) groups is 1. The fraction of sp³-hybridized carbons (Fsp3) is 0.333. The summed E-state index contributed by atoms with van der Waals surface area (Å²) in [6.45, 7) is 1.94. The standard InChI is InChI=1S/C21H20ClNO3S/c1-12(19(25)10-13-8-16(24)9-13)14-2-5-17(6-3-14)26-21-23-18-7-4-15(22)11-20(18)27-21/h2-7,11-13,16,24H,8-10H2,1H3. The zero-order valence-corrected chi connectivity index (χ0v) is 16.5. The van der Waals surface area contributed by atoms with E-state index in [2.05, 4.69) is 4.98 Å². The van der Waals surface area contributed by atoms with Crippen molar-refractivity contribution in [2.24, 2.45) is 5.92 Å². The van der Waals surface area contributed by atoms with Crippen molar-refractivity contribution in [2.45, 2.75) is 38.2 Å². The highest BCUT2D eigenvalue weighted by Crippen LogP contribution is 2.34. The number of benzene rings is 2. The molecule has 0 aliphatic heterocycles. The molecule has 4 rings (SSSR count). The second kappa shape index (κ2) is 7.58. The van der Waals surface area contributed by atoms with Gasteiger partial charge in [-0.15, -0.1) is 0 Å². The highest BCUT2D eigenvalue weighted by Gasteiger charge is 2.30. The summed E-state index contributed by atoms with van der Waals surface area (Å²) in [5.41, 5.74) is 1.83. The molecule has 1 saturated carbocycles. The molecule has 1 atom stereocenters. The summed E-state index contributed by atoms with van der Waals surface area (Å²) in [6, 6.07) is 13.1. The maximum atomic E-state index is 12.4. The quantitative estimate of drug-likeness (QED) is 0.586. The van der Waals surface area contributed by atoms with E-state index >= 15 is 0 Å². The molecule has 140 valence electrons. The van der Waals surface area contributed by atoms with E-state index in [0.717, 1.165) is 28.6 Å². The lowest BCUT2D eigenvalue weighted by molar-refractivity contribution is -0.122. The Morgan fingerprint density at radius 2 is 2.04 bits per heavy atom. The van der Waals surface area contributed by atoms with Gasteiger partial charge >= 0.3 is 0 Å². The van der Waals surface area contributed by atoms with Crippen molar-refractivity contribution in [1.29, 1.82) is 0 Å². The van der Waals surface area contributed by atoms with Crippen molar-refractivity contribution in [1.82, 2.24) is 4.98 Å². The zero-order valence-electron chi connectivity index (χ0n) is 14.9. The van der Waals surface area contributed by atoms with Crippen molar-refractivity contribution in [3.05, 3.63) is 53.1 Å². The van der Waals surface area contributed by atoms with Gasteiger partial charge < -0.3 is 9.84 Å². The molecule has 4 nitrogen and oxygen atoms in total. The predicted molar refractivity (Wildman–Crippen MR) is 108 cm³/mol. The average Bonchev–Trinajstić information content (AvgIpc) is 3.01. The predicted octanol–water partition coefficient (Wildman–Crippen LogP) is 5.58. The van der Waals surface area contributed by atoms with Gasteiger partial charge in [-0.3, -0.25) is 4.79 Å². The molecular weight excluding hydrogens is 382 g/mol. The normalized spacial score (nSPS) is 20.3. The second-order valence-electron chi connectivity index (χ2n) is 7.15. The lowest BCUT2D eigenvalue weighted by Gasteiger charge is -2.31. The third-order valence-corrected chi connectivity index (χ3v) is 6.23. The van der Waals surface area contributed by atoms with Crippen molar-refractivity contribution in [2.75, 3.05) is 0 Å². The van der Waals surface area contributed by atoms with Gasteiger partial charge in [0.2, 0.25) is 0 Å². The molecule has 0 saturated heterocycles. The monoisotopic (exact) mass is 401 g/mol. The fourth-order valence-corrected chi connectivity index (χ4v) is 4.47. The van der Waals surface area contributed by atoms with Crippen LogP contribution in [-0.2, 0) is 4.79 Å². The van der Waals surface area contributed by atoms with E-state index < -0.39 is 0 Å². The van der Waals surface area contributed by atoms with Gasteiger partial charge in [0.15, 0.2) is 0 Å². The van der Waals surface area contributed by atoms with Gasteiger partial charge in [0.1, 0.15) is 11.5 Å². The summed E-state index contributed by atoms with van der Waals surface area (Å²) in [5, 5.41) is 10.6. The van der Waals surface area contributed by atoms with E-state index in [0.29, 0.717) is 28.3 Å². The highest BCUT2D eigenvalue weighted by atomic mass is 35.5. The first-order chi connectivity index (χ1) is 13.0. The van der Waals surface area contributed by atoms with Crippen LogP contribution in [0.5, 0.6) is 10.9 Å². The van der Waals surface area contributed by atoms with Crippen LogP contribution in [0.2, 0.25) is 5.02 Å². The van der Waals surface area contributed by atoms with Crippen LogP contribution in [0.3, 0.4) is 0 Å². The van der Waals surface area contributed by atoms with E-state index in [1.54, 1.807) is 0 Å². The van der Waals surface area contributed by atoms with Crippen LogP contribution in [0.25, 0.3) is 10.2 Å². The van der Waals surface area contributed by atoms with Crippen LogP contribution in [0, 0.1) is 5.92 Å². The Hall–Kier alpha value is -1.95. The van der Waals surface area contributed by atoms with Crippen LogP contribution >= 0.6 is 22.9 Å². The summed E-state index contributed by atoms with van der Waals surface area (Å²) in [5.74, 6) is 1.10. The molecule has 1 aromatic heterocycles. The number of hydrogen-bond acceptors (Lipinski definition) is 5. The summed E-state index contributed by atoms with van der Waals surface area (Å²) in [6.07, 6.45) is 1.83. The number of nitrogens with zero attached hydrogens (tertiary/aromatic N) is 1. The minimum atomic E-state index is -0.215. The molecule has 3 aromatic rings. The van der Waals surface area contributed by atoms with Crippen LogP contribution in [-0.4, -0.2) is 22.0 Å². The SMILES string of the molecule is CC(C(=O)CC1CC(O)C1)c1ccc(Oc2nc3ccc(Cl)cc3s2)cc1. The summed E-state index contributed by atoms with van der Waals surface area (Å²) < 4.78 is 6.83. The maximum absolute atomic E-state index is 12.4. The van der Waals surface area contributed by atoms with Crippen molar-refractivity contribution < 1.29 is 14.6 Å². The maximum Gasteiger partial charge on any atom is 0.279 e. The van der Waals surface area contributed by atoms with Crippen molar-refractivity contribution in [3.8, 4) is 10.9 Å². The van der Waals surface area contributed by atoms with E-state index in [4.69, 9.17) is 16.3 Å². The van der Waals surface area contributed by atoms with Gasteiger partial charge in [-0.2, -0.15) is 0 Å². The number of ketones is 1. The number of aliphatic hydroxyl groups is 1. The molecule has 0 spiro atoms.